The number of allylic oxidation sites excluding steroid dienone is 1. The first kappa shape index (κ1) is 16.6. The van der Waals surface area contributed by atoms with Crippen LogP contribution in [0.25, 0.3) is 6.08 Å². The molecule has 0 amide bonds. The van der Waals surface area contributed by atoms with Gasteiger partial charge in [0.25, 0.3) is 0 Å². The second-order valence-corrected chi connectivity index (χ2v) is 8.54. The molecule has 0 aromatic carbocycles. The van der Waals surface area contributed by atoms with E-state index < -0.39 is 0 Å². The maximum atomic E-state index is 12.5. The first-order valence-corrected chi connectivity index (χ1v) is 9.50. The summed E-state index contributed by atoms with van der Waals surface area (Å²) in [6, 6.07) is 0.384. The fourth-order valence-corrected chi connectivity index (χ4v) is 5.31. The Hall–Kier alpha value is -1.84. The van der Waals surface area contributed by atoms with Crippen LogP contribution in [-0.4, -0.2) is 23.6 Å². The second-order valence-electron chi connectivity index (χ2n) is 8.54. The van der Waals surface area contributed by atoms with Gasteiger partial charge in [-0.05, 0) is 42.9 Å². The second kappa shape index (κ2) is 5.58. The van der Waals surface area contributed by atoms with Gasteiger partial charge in [-0.2, -0.15) is 0 Å². The van der Waals surface area contributed by atoms with E-state index in [2.05, 4.69) is 43.2 Å². The summed E-state index contributed by atoms with van der Waals surface area (Å²) in [5.41, 5.74) is 4.18. The van der Waals surface area contributed by atoms with Crippen LogP contribution in [0.5, 0.6) is 0 Å². The molecule has 1 aromatic rings. The van der Waals surface area contributed by atoms with E-state index in [1.54, 1.807) is 6.20 Å². The Labute approximate surface area is 150 Å². The molecule has 1 heterocycles. The molecule has 2 fully saturated rings. The van der Waals surface area contributed by atoms with Gasteiger partial charge in [-0.15, -0.1) is 0 Å². The Kier molecular flexibility index (Phi) is 3.71. The van der Waals surface area contributed by atoms with Crippen molar-refractivity contribution in [2.24, 2.45) is 16.7 Å². The van der Waals surface area contributed by atoms with Crippen LogP contribution < -0.4 is 5.32 Å². The fraction of sp³-hybridized carbons (Fsp3) is 0.619. The molecule has 0 saturated heterocycles. The fourth-order valence-electron chi connectivity index (χ4n) is 5.31. The van der Waals surface area contributed by atoms with E-state index in [1.807, 2.05) is 6.92 Å². The van der Waals surface area contributed by atoms with E-state index >= 15 is 0 Å². The van der Waals surface area contributed by atoms with Crippen molar-refractivity contribution >= 4 is 17.7 Å². The third-order valence-electron chi connectivity index (χ3n) is 7.40. The highest BCUT2D eigenvalue weighted by Gasteiger charge is 2.61. The zero-order chi connectivity index (χ0) is 17.8. The number of anilines is 1. The number of aromatic nitrogens is 1. The quantitative estimate of drug-likeness (QED) is 0.823. The van der Waals surface area contributed by atoms with Gasteiger partial charge in [0.15, 0.2) is 0 Å². The largest absolute Gasteiger partial charge is 0.462 e. The van der Waals surface area contributed by atoms with Crippen molar-refractivity contribution < 1.29 is 9.53 Å². The van der Waals surface area contributed by atoms with Gasteiger partial charge in [-0.25, -0.2) is 4.79 Å². The van der Waals surface area contributed by atoms with Crippen molar-refractivity contribution in [3.8, 4) is 0 Å². The van der Waals surface area contributed by atoms with E-state index in [1.165, 1.54) is 19.3 Å². The van der Waals surface area contributed by atoms with Crippen molar-refractivity contribution in [1.82, 2.24) is 4.98 Å². The van der Waals surface area contributed by atoms with Crippen LogP contribution in [0.1, 0.15) is 68.6 Å². The van der Waals surface area contributed by atoms with Gasteiger partial charge in [0.2, 0.25) is 0 Å². The minimum atomic E-state index is -0.284. The van der Waals surface area contributed by atoms with Gasteiger partial charge in [0.1, 0.15) is 5.56 Å². The molecule has 4 nitrogen and oxygen atoms in total. The summed E-state index contributed by atoms with van der Waals surface area (Å²) in [6.45, 7) is 9.45. The summed E-state index contributed by atoms with van der Waals surface area (Å²) in [7, 11) is 0. The average Bonchev–Trinajstić information content (AvgIpc) is 3.18. The van der Waals surface area contributed by atoms with Gasteiger partial charge in [-0.3, -0.25) is 4.98 Å². The van der Waals surface area contributed by atoms with Crippen LogP contribution in [0.15, 0.2) is 12.3 Å². The van der Waals surface area contributed by atoms with Gasteiger partial charge in [-0.1, -0.05) is 32.9 Å². The normalized spacial score (nSPS) is 31.2. The Morgan fingerprint density at radius 1 is 1.40 bits per heavy atom. The Bertz CT molecular complexity index is 753. The molecule has 0 spiro atoms. The molecule has 2 saturated carbocycles. The molecule has 0 radical (unpaired) electrons. The lowest BCUT2D eigenvalue weighted by molar-refractivity contribution is 0.0526. The molecular formula is C21H28N2O2. The number of hydrogen-bond acceptors (Lipinski definition) is 4. The van der Waals surface area contributed by atoms with Gasteiger partial charge in [0, 0.05) is 24.2 Å². The Balaban J connectivity index is 1.72. The topological polar surface area (TPSA) is 51.2 Å². The third kappa shape index (κ3) is 2.26. The Morgan fingerprint density at radius 2 is 2.20 bits per heavy atom. The summed E-state index contributed by atoms with van der Waals surface area (Å²) in [5.74, 6) is 0.472. The van der Waals surface area contributed by atoms with Gasteiger partial charge < -0.3 is 10.1 Å². The predicted molar refractivity (Wildman–Crippen MR) is 99.6 cm³/mol. The molecule has 4 heteroatoms. The molecule has 0 unspecified atom stereocenters. The number of hydrogen-bond donors (Lipinski definition) is 1. The highest BCUT2D eigenvalue weighted by atomic mass is 16.5. The molecule has 1 N–H and O–H groups in total. The number of nitrogens with one attached hydrogen (secondary N) is 1. The number of rotatable bonds is 4. The third-order valence-corrected chi connectivity index (χ3v) is 7.40. The lowest BCUT2D eigenvalue weighted by atomic mass is 9.69. The minimum absolute atomic E-state index is 0.252. The van der Waals surface area contributed by atoms with Gasteiger partial charge in [0.05, 0.1) is 18.0 Å². The van der Waals surface area contributed by atoms with E-state index in [0.717, 1.165) is 29.3 Å². The van der Waals surface area contributed by atoms with E-state index in [0.29, 0.717) is 23.6 Å². The summed E-state index contributed by atoms with van der Waals surface area (Å²) in [5, 5.41) is 3.78. The first-order chi connectivity index (χ1) is 11.9. The zero-order valence-corrected chi connectivity index (χ0v) is 15.7. The summed E-state index contributed by atoms with van der Waals surface area (Å²) in [6.07, 6.45) is 10.5. The molecule has 0 aliphatic heterocycles. The van der Waals surface area contributed by atoms with E-state index in [9.17, 15) is 4.79 Å². The van der Waals surface area contributed by atoms with Crippen LogP contribution in [0, 0.1) is 16.7 Å². The molecular weight excluding hydrogens is 312 g/mol. The Morgan fingerprint density at radius 3 is 2.84 bits per heavy atom. The lowest BCUT2D eigenvalue weighted by Gasteiger charge is -2.40. The summed E-state index contributed by atoms with van der Waals surface area (Å²) in [4.78, 5) is 17.0. The number of esters is 1. The molecule has 4 rings (SSSR count). The molecule has 2 bridgehead atoms. The highest BCUT2D eigenvalue weighted by Crippen LogP contribution is 2.66. The van der Waals surface area contributed by atoms with Crippen LogP contribution in [-0.2, 0) is 11.2 Å². The van der Waals surface area contributed by atoms with Crippen LogP contribution in [0.4, 0.5) is 5.69 Å². The number of ether oxygens (including phenoxy) is 1. The van der Waals surface area contributed by atoms with Crippen molar-refractivity contribution in [2.75, 3.05) is 11.9 Å². The van der Waals surface area contributed by atoms with E-state index in [4.69, 9.17) is 4.74 Å². The van der Waals surface area contributed by atoms with Crippen molar-refractivity contribution in [2.45, 2.75) is 59.4 Å². The maximum Gasteiger partial charge on any atom is 0.341 e. The van der Waals surface area contributed by atoms with Crippen LogP contribution >= 0.6 is 0 Å². The summed E-state index contributed by atoms with van der Waals surface area (Å²) >= 11 is 0. The number of nitrogens with zero attached hydrogens (tertiary/aromatic N) is 1. The molecule has 3 aliphatic carbocycles. The first-order valence-electron chi connectivity index (χ1n) is 9.50. The number of carbonyl (C=O) groups is 1. The average molecular weight is 340 g/mol. The molecule has 1 aromatic heterocycles. The number of pyridine rings is 1. The van der Waals surface area contributed by atoms with Gasteiger partial charge >= 0.3 is 5.97 Å². The van der Waals surface area contributed by atoms with Crippen LogP contribution in [0.3, 0.4) is 0 Å². The monoisotopic (exact) mass is 340 g/mol. The van der Waals surface area contributed by atoms with Crippen LogP contribution in [0.2, 0.25) is 0 Å². The van der Waals surface area contributed by atoms with Crippen molar-refractivity contribution in [3.63, 3.8) is 0 Å². The van der Waals surface area contributed by atoms with Crippen molar-refractivity contribution in [1.29, 1.82) is 0 Å². The zero-order valence-electron chi connectivity index (χ0n) is 15.7. The molecule has 134 valence electrons. The number of fused-ring (bicyclic) bond motifs is 3. The SMILES string of the molecule is CCOC(=O)c1cnc2c(c1N[C@H]1C[C@H]3CC[C@@]1(C)C3(C)C)C=CC2. The standard InChI is InChI=1S/C21H28N2O2/c1-5-25-19(24)15-12-22-16-8-6-7-14(16)18(15)23-17-11-13-9-10-21(17,4)20(13,2)3/h6-7,12-13,17H,5,8-11H2,1-4H3,(H,22,23)/t13-,17+,21-/m1/s1. The smallest absolute Gasteiger partial charge is 0.341 e. The highest BCUT2D eigenvalue weighted by molar-refractivity contribution is 5.98. The predicted octanol–water partition coefficient (Wildman–Crippen LogP) is 4.45. The van der Waals surface area contributed by atoms with E-state index in [-0.39, 0.29) is 11.4 Å². The van der Waals surface area contributed by atoms with Crippen molar-refractivity contribution in [3.05, 3.63) is 29.1 Å². The lowest BCUT2D eigenvalue weighted by Crippen LogP contribution is -2.40. The molecule has 3 aliphatic rings. The molecule has 25 heavy (non-hydrogen) atoms. The number of carbonyl (C=O) groups excluding carboxylic acids is 1. The maximum absolute atomic E-state index is 12.5. The minimum Gasteiger partial charge on any atom is -0.462 e. The summed E-state index contributed by atoms with van der Waals surface area (Å²) < 4.78 is 5.28. The molecule has 3 atom stereocenters.